The maximum atomic E-state index is 12.7. The zero-order valence-corrected chi connectivity index (χ0v) is 10.0. The smallest absolute Gasteiger partial charge is 0.313 e. The molecule has 0 amide bonds. The van der Waals surface area contributed by atoms with E-state index >= 15 is 0 Å². The predicted molar refractivity (Wildman–Crippen MR) is 55.0 cm³/mol. The molecule has 18 heavy (non-hydrogen) atoms. The molecule has 0 spiro atoms. The van der Waals surface area contributed by atoms with E-state index in [1.165, 1.54) is 0 Å². The van der Waals surface area contributed by atoms with E-state index in [1.54, 1.807) is 6.92 Å². The van der Waals surface area contributed by atoms with E-state index < -0.39 is 30.2 Å². The highest BCUT2D eigenvalue weighted by Crippen LogP contribution is 2.46. The van der Waals surface area contributed by atoms with Crippen molar-refractivity contribution >= 4 is 0 Å². The van der Waals surface area contributed by atoms with Gasteiger partial charge in [-0.2, -0.15) is 26.3 Å². The summed E-state index contributed by atoms with van der Waals surface area (Å²) < 4.78 is 75.9. The second kappa shape index (κ2) is 5.67. The van der Waals surface area contributed by atoms with Crippen molar-refractivity contribution in [1.29, 1.82) is 0 Å². The summed E-state index contributed by atoms with van der Waals surface area (Å²) in [6.45, 7) is 1.88. The van der Waals surface area contributed by atoms with Gasteiger partial charge in [0.25, 0.3) is 0 Å². The van der Waals surface area contributed by atoms with Crippen molar-refractivity contribution in [3.63, 3.8) is 0 Å². The van der Waals surface area contributed by atoms with Crippen LogP contribution in [-0.4, -0.2) is 24.9 Å². The first-order valence-corrected chi connectivity index (χ1v) is 6.04. The molecule has 0 bridgehead atoms. The molecular weight excluding hydrogens is 260 g/mol. The highest BCUT2D eigenvalue weighted by molar-refractivity contribution is 4.94. The Kier molecular flexibility index (Phi) is 4.91. The standard InChI is InChI=1S/C11H17F6N/c1-2-6-18-8(7-4-3-5-7)9(10(12,13)14)11(15,16)17/h7-9,18H,2-6H2,1H3. The van der Waals surface area contributed by atoms with Gasteiger partial charge in [0.1, 0.15) is 0 Å². The van der Waals surface area contributed by atoms with Crippen LogP contribution in [0.1, 0.15) is 32.6 Å². The lowest BCUT2D eigenvalue weighted by molar-refractivity contribution is -0.296. The van der Waals surface area contributed by atoms with Crippen LogP contribution >= 0.6 is 0 Å². The van der Waals surface area contributed by atoms with Crippen molar-refractivity contribution in [2.75, 3.05) is 6.54 Å². The molecule has 0 aliphatic heterocycles. The molecule has 0 aromatic rings. The summed E-state index contributed by atoms with van der Waals surface area (Å²) >= 11 is 0. The molecule has 1 rings (SSSR count). The van der Waals surface area contributed by atoms with Gasteiger partial charge < -0.3 is 5.32 Å². The van der Waals surface area contributed by atoms with Crippen LogP contribution < -0.4 is 5.32 Å². The normalized spacial score (nSPS) is 20.0. The summed E-state index contributed by atoms with van der Waals surface area (Å²) in [6, 6.07) is -1.54. The summed E-state index contributed by atoms with van der Waals surface area (Å²) in [5, 5.41) is 2.44. The molecule has 108 valence electrons. The van der Waals surface area contributed by atoms with E-state index in [1.807, 2.05) is 0 Å². The number of nitrogens with one attached hydrogen (secondary N) is 1. The number of rotatable bonds is 5. The molecule has 1 aliphatic carbocycles. The first kappa shape index (κ1) is 15.6. The van der Waals surface area contributed by atoms with Crippen LogP contribution in [0.15, 0.2) is 0 Å². The molecule has 1 aliphatic rings. The van der Waals surface area contributed by atoms with Gasteiger partial charge in [-0.25, -0.2) is 0 Å². The Labute approximate surface area is 102 Å². The van der Waals surface area contributed by atoms with Gasteiger partial charge in [-0.15, -0.1) is 0 Å². The fourth-order valence-corrected chi connectivity index (χ4v) is 2.26. The number of hydrogen-bond donors (Lipinski definition) is 1. The highest BCUT2D eigenvalue weighted by Gasteiger charge is 2.61. The zero-order valence-electron chi connectivity index (χ0n) is 10.0. The summed E-state index contributed by atoms with van der Waals surface area (Å²) in [7, 11) is 0. The molecule has 1 nitrogen and oxygen atoms in total. The van der Waals surface area contributed by atoms with Crippen molar-refractivity contribution in [3.05, 3.63) is 0 Å². The van der Waals surface area contributed by atoms with Crippen molar-refractivity contribution < 1.29 is 26.3 Å². The van der Waals surface area contributed by atoms with Crippen LogP contribution in [0.3, 0.4) is 0 Å². The van der Waals surface area contributed by atoms with Gasteiger partial charge in [0, 0.05) is 6.04 Å². The lowest BCUT2D eigenvalue weighted by Gasteiger charge is -2.40. The Balaban J connectivity index is 2.89. The number of hydrogen-bond acceptors (Lipinski definition) is 1. The number of halogens is 6. The average Bonchev–Trinajstić information content (AvgIpc) is 2.06. The lowest BCUT2D eigenvalue weighted by Crippen LogP contribution is -2.55. The highest BCUT2D eigenvalue weighted by atomic mass is 19.4. The first-order chi connectivity index (χ1) is 8.18. The van der Waals surface area contributed by atoms with Gasteiger partial charge in [0.2, 0.25) is 0 Å². The van der Waals surface area contributed by atoms with Crippen molar-refractivity contribution in [2.24, 2.45) is 11.8 Å². The molecule has 0 saturated heterocycles. The van der Waals surface area contributed by atoms with Gasteiger partial charge in [0.05, 0.1) is 0 Å². The van der Waals surface area contributed by atoms with Crippen LogP contribution in [0.4, 0.5) is 26.3 Å². The molecular formula is C11H17F6N. The molecule has 0 aromatic heterocycles. The van der Waals surface area contributed by atoms with E-state index in [0.717, 1.165) is 0 Å². The van der Waals surface area contributed by atoms with Crippen LogP contribution in [0.25, 0.3) is 0 Å². The third-order valence-electron chi connectivity index (χ3n) is 3.35. The van der Waals surface area contributed by atoms with Crippen molar-refractivity contribution in [1.82, 2.24) is 5.32 Å². The van der Waals surface area contributed by atoms with E-state index in [2.05, 4.69) is 5.32 Å². The van der Waals surface area contributed by atoms with Gasteiger partial charge in [0.15, 0.2) is 5.92 Å². The molecule has 7 heteroatoms. The Morgan fingerprint density at radius 2 is 1.56 bits per heavy atom. The van der Waals surface area contributed by atoms with Crippen LogP contribution in [0, 0.1) is 11.8 Å². The second-order valence-corrected chi connectivity index (χ2v) is 4.73. The summed E-state index contributed by atoms with van der Waals surface area (Å²) in [5.74, 6) is -3.79. The summed E-state index contributed by atoms with van der Waals surface area (Å²) in [4.78, 5) is 0. The zero-order chi connectivity index (χ0) is 14.0. The minimum absolute atomic E-state index is 0.170. The molecule has 1 N–H and O–H groups in total. The topological polar surface area (TPSA) is 12.0 Å². The third-order valence-corrected chi connectivity index (χ3v) is 3.35. The van der Waals surface area contributed by atoms with Crippen LogP contribution in [0.2, 0.25) is 0 Å². The van der Waals surface area contributed by atoms with E-state index in [-0.39, 0.29) is 6.54 Å². The quantitative estimate of drug-likeness (QED) is 0.752. The summed E-state index contributed by atoms with van der Waals surface area (Å²) in [6.07, 6.45) is -8.42. The monoisotopic (exact) mass is 277 g/mol. The largest absolute Gasteiger partial charge is 0.402 e. The molecule has 1 atom stereocenters. The Morgan fingerprint density at radius 1 is 1.06 bits per heavy atom. The van der Waals surface area contributed by atoms with Crippen molar-refractivity contribution in [2.45, 2.75) is 51.0 Å². The Bertz CT molecular complexity index is 241. The second-order valence-electron chi connectivity index (χ2n) is 4.73. The lowest BCUT2D eigenvalue weighted by atomic mass is 9.74. The minimum Gasteiger partial charge on any atom is -0.313 e. The van der Waals surface area contributed by atoms with E-state index in [0.29, 0.717) is 25.7 Å². The Morgan fingerprint density at radius 3 is 1.83 bits per heavy atom. The third kappa shape index (κ3) is 3.76. The summed E-state index contributed by atoms with van der Waals surface area (Å²) in [5.41, 5.74) is 0. The fraction of sp³-hybridized carbons (Fsp3) is 1.00. The first-order valence-electron chi connectivity index (χ1n) is 6.04. The molecule has 1 fully saturated rings. The predicted octanol–water partition coefficient (Wildman–Crippen LogP) is 3.90. The van der Waals surface area contributed by atoms with E-state index in [4.69, 9.17) is 0 Å². The van der Waals surface area contributed by atoms with Crippen LogP contribution in [0.5, 0.6) is 0 Å². The van der Waals surface area contributed by atoms with E-state index in [9.17, 15) is 26.3 Å². The van der Waals surface area contributed by atoms with Gasteiger partial charge >= 0.3 is 12.4 Å². The SMILES string of the molecule is CCCNC(C1CCC1)C(C(F)(F)F)C(F)(F)F. The molecule has 0 radical (unpaired) electrons. The molecule has 0 aromatic carbocycles. The molecule has 1 saturated carbocycles. The minimum atomic E-state index is -5.25. The number of alkyl halides is 6. The van der Waals surface area contributed by atoms with Crippen molar-refractivity contribution in [3.8, 4) is 0 Å². The van der Waals surface area contributed by atoms with Gasteiger partial charge in [-0.05, 0) is 31.7 Å². The average molecular weight is 277 g/mol. The molecule has 1 unspecified atom stereocenters. The van der Waals surface area contributed by atoms with Crippen LogP contribution in [-0.2, 0) is 0 Å². The fourth-order valence-electron chi connectivity index (χ4n) is 2.26. The maximum absolute atomic E-state index is 12.7. The van der Waals surface area contributed by atoms with Gasteiger partial charge in [-0.3, -0.25) is 0 Å². The van der Waals surface area contributed by atoms with Gasteiger partial charge in [-0.1, -0.05) is 13.3 Å². The molecule has 0 heterocycles. The maximum Gasteiger partial charge on any atom is 0.402 e. The Hall–Kier alpha value is -0.460.